The fourth-order valence-corrected chi connectivity index (χ4v) is 6.12. The van der Waals surface area contributed by atoms with Gasteiger partial charge in [0.1, 0.15) is 54.4 Å². The van der Waals surface area contributed by atoms with Crippen molar-refractivity contribution in [1.29, 1.82) is 0 Å². The first-order valence-corrected chi connectivity index (χ1v) is 21.8. The van der Waals surface area contributed by atoms with E-state index in [1.165, 1.54) is 13.8 Å². The Morgan fingerprint density at radius 2 is 0.736 bits per heavy atom. The number of carboxylic acid groups (broad SMARTS) is 3. The van der Waals surface area contributed by atoms with Crippen LogP contribution in [0.25, 0.3) is 0 Å². The van der Waals surface area contributed by atoms with Crippen molar-refractivity contribution in [3.63, 3.8) is 0 Å². The molecule has 0 aromatic carbocycles. The minimum atomic E-state index is -2.18. The number of carboxylic acids is 3. The summed E-state index contributed by atoms with van der Waals surface area (Å²) < 4.78 is 0. The molecule has 0 rings (SSSR count). The van der Waals surface area contributed by atoms with E-state index >= 15 is 0 Å². The molecule has 32 nitrogen and oxygen atoms in total. The van der Waals surface area contributed by atoms with Crippen molar-refractivity contribution in [3.8, 4) is 0 Å². The van der Waals surface area contributed by atoms with E-state index < -0.39 is 206 Å². The van der Waals surface area contributed by atoms with E-state index in [-0.39, 0.29) is 0 Å². The molecular weight excluding hydrogens is 969 g/mol. The van der Waals surface area contributed by atoms with Crippen LogP contribution >= 0.6 is 0 Å². The summed E-state index contributed by atoms with van der Waals surface area (Å²) in [6.45, 7) is 7.20. The summed E-state index contributed by atoms with van der Waals surface area (Å²) in [7, 11) is 0. The van der Waals surface area contributed by atoms with Gasteiger partial charge in [-0.1, -0.05) is 13.8 Å². The average Bonchev–Trinajstić information content (AvgIpc) is 3.24. The summed E-state index contributed by atoms with van der Waals surface area (Å²) in [5.41, 5.74) is 15.7. The number of aliphatic carboxylic acids is 3. The lowest BCUT2D eigenvalue weighted by molar-refractivity contribution is -0.142. The second kappa shape index (κ2) is 30.5. The first-order chi connectivity index (χ1) is 33.2. The van der Waals surface area contributed by atoms with Crippen LogP contribution in [0.15, 0.2) is 0 Å². The summed E-state index contributed by atoms with van der Waals surface area (Å²) >= 11 is 0. The normalized spacial score (nSPS) is 15.5. The topological polar surface area (TPSA) is 544 Å². The molecule has 0 aliphatic heterocycles. The fourth-order valence-electron chi connectivity index (χ4n) is 6.12. The van der Waals surface area contributed by atoms with Crippen LogP contribution in [0.5, 0.6) is 0 Å². The Kier molecular flexibility index (Phi) is 27.1. The Bertz CT molecular complexity index is 2070. The second-order valence-corrected chi connectivity index (χ2v) is 16.6. The minimum absolute atomic E-state index is 0.540. The first kappa shape index (κ1) is 64.0. The molecule has 0 spiro atoms. The van der Waals surface area contributed by atoms with E-state index in [0.29, 0.717) is 0 Å². The predicted octanol–water partition coefficient (Wildman–Crippen LogP) is -8.75. The predicted molar refractivity (Wildman–Crippen MR) is 240 cm³/mol. The molecule has 0 aliphatic rings. The molecule has 0 saturated carbocycles. The summed E-state index contributed by atoms with van der Waals surface area (Å²) in [5, 5.41) is 67.5. The van der Waals surface area contributed by atoms with Crippen LogP contribution in [0, 0.1) is 5.92 Å². The van der Waals surface area contributed by atoms with Crippen LogP contribution < -0.4 is 65.1 Å². The third-order valence-electron chi connectivity index (χ3n) is 9.86. The van der Waals surface area contributed by atoms with Gasteiger partial charge in [0.05, 0.1) is 31.5 Å². The molecule has 72 heavy (non-hydrogen) atoms. The van der Waals surface area contributed by atoms with Gasteiger partial charge in [-0.25, -0.2) is 0 Å². The van der Waals surface area contributed by atoms with E-state index in [2.05, 4.69) is 31.9 Å². The molecule has 0 saturated heterocycles. The zero-order valence-corrected chi connectivity index (χ0v) is 40.0. The number of amides is 12. The summed E-state index contributed by atoms with van der Waals surface area (Å²) in [6, 6.07) is -16.5. The molecule has 32 heteroatoms. The SMILES string of the molecule is CC(=O)N[C@H](C(=O)N[C@@H](CCC(N)=O)C(=O)N[C@@H](CC(=O)O)C(=O)N[C@@H](C)C(=O)N[C@@H](CCC(=O)O)C(=O)N[C@@H](CC(=O)O)C(=O)N[C@@H](CC(N)=O)C(=O)N[C@H](C(=O)N[C@H](C(N)=O)C(C)C)[C@@H](C)O)[C@@H](C)O. The Morgan fingerprint density at radius 3 is 1.11 bits per heavy atom. The molecular formula is C40H64N12O20. The lowest BCUT2D eigenvalue weighted by Crippen LogP contribution is -2.62. The highest BCUT2D eigenvalue weighted by Crippen LogP contribution is 2.08. The first-order valence-electron chi connectivity index (χ1n) is 21.8. The molecule has 0 bridgehead atoms. The largest absolute Gasteiger partial charge is 0.481 e. The van der Waals surface area contributed by atoms with Gasteiger partial charge in [-0.2, -0.15) is 0 Å². The van der Waals surface area contributed by atoms with Crippen molar-refractivity contribution in [2.75, 3.05) is 0 Å². The molecule has 0 unspecified atom stereocenters. The Balaban J connectivity index is 6.53. The van der Waals surface area contributed by atoms with E-state index in [9.17, 15) is 97.5 Å². The molecule has 0 heterocycles. The summed E-state index contributed by atoms with van der Waals surface area (Å²) in [6.07, 6.45) is -9.40. The van der Waals surface area contributed by atoms with Crippen molar-refractivity contribution < 1.29 is 97.5 Å². The van der Waals surface area contributed by atoms with Gasteiger partial charge in [-0.15, -0.1) is 0 Å². The van der Waals surface area contributed by atoms with Crippen LogP contribution in [0.3, 0.4) is 0 Å². The zero-order valence-electron chi connectivity index (χ0n) is 40.0. The smallest absolute Gasteiger partial charge is 0.305 e. The Morgan fingerprint density at radius 1 is 0.389 bits per heavy atom. The van der Waals surface area contributed by atoms with Crippen LogP contribution in [0.4, 0.5) is 0 Å². The number of carbonyl (C=O) groups excluding carboxylic acids is 12. The molecule has 0 aliphatic carbocycles. The third kappa shape index (κ3) is 24.0. The highest BCUT2D eigenvalue weighted by molar-refractivity contribution is 6.00. The average molecular weight is 1030 g/mol. The maximum Gasteiger partial charge on any atom is 0.305 e. The van der Waals surface area contributed by atoms with Crippen LogP contribution in [-0.4, -0.2) is 181 Å². The Hall–Kier alpha value is -8.03. The quantitative estimate of drug-likeness (QED) is 0.0290. The number of nitrogens with one attached hydrogen (secondary N) is 9. The van der Waals surface area contributed by atoms with Gasteiger partial charge in [-0.05, 0) is 39.5 Å². The molecule has 0 aromatic rings. The van der Waals surface area contributed by atoms with Gasteiger partial charge in [-0.3, -0.25) is 71.9 Å². The molecule has 0 radical (unpaired) electrons. The van der Waals surface area contributed by atoms with Crippen molar-refractivity contribution >= 4 is 88.8 Å². The monoisotopic (exact) mass is 1030 g/mol. The number of carbonyl (C=O) groups is 15. The van der Waals surface area contributed by atoms with E-state index in [1.807, 2.05) is 16.0 Å². The van der Waals surface area contributed by atoms with Crippen molar-refractivity contribution in [1.82, 2.24) is 47.9 Å². The van der Waals surface area contributed by atoms with Gasteiger partial charge in [0, 0.05) is 19.8 Å². The molecule has 0 aromatic heterocycles. The van der Waals surface area contributed by atoms with Crippen LogP contribution in [0.2, 0.25) is 0 Å². The van der Waals surface area contributed by atoms with E-state index in [0.717, 1.165) is 27.7 Å². The van der Waals surface area contributed by atoms with Gasteiger partial charge in [0.25, 0.3) is 0 Å². The highest BCUT2D eigenvalue weighted by Gasteiger charge is 2.37. The molecule has 404 valence electrons. The van der Waals surface area contributed by atoms with Crippen molar-refractivity contribution in [3.05, 3.63) is 0 Å². The maximum atomic E-state index is 13.6. The number of aliphatic hydroxyl groups is 2. The van der Waals surface area contributed by atoms with E-state index in [4.69, 9.17) is 17.2 Å². The van der Waals surface area contributed by atoms with Crippen LogP contribution in [0.1, 0.15) is 86.5 Å². The van der Waals surface area contributed by atoms with E-state index in [1.54, 1.807) is 0 Å². The number of hydrogen-bond donors (Lipinski definition) is 17. The summed E-state index contributed by atoms with van der Waals surface area (Å²) in [4.78, 5) is 188. The molecule has 11 atom stereocenters. The standard InChI is InChI=1S/C40H64N12O20/c1-14(2)29(32(43)64)51-40(72)31(17(5)54)52-38(70)21(11-25(42)57)48-37(69)23(13-28(62)63)50-35(67)20(8-10-26(58)59)46-33(65)15(3)44-36(68)22(12-27(60)61)49-34(66)19(7-9-24(41)56)47-39(71)30(16(4)53)45-18(6)55/h14-17,19-23,29-31,53-54H,7-13H2,1-6H3,(H2,41,56)(H2,42,57)(H2,43,64)(H,44,68)(H,45,55)(H,46,65)(H,47,71)(H,48,69)(H,49,66)(H,50,67)(H,51,72)(H,52,70)(H,58,59)(H,60,61)(H,62,63)/t15-,16+,17+,19-,20-,21-,22-,23-,29-,30-,31-/m0/s1. The Labute approximate surface area is 409 Å². The lowest BCUT2D eigenvalue weighted by atomic mass is 10.0. The molecule has 12 amide bonds. The number of primary amides is 3. The van der Waals surface area contributed by atoms with Crippen molar-refractivity contribution in [2.24, 2.45) is 23.1 Å². The minimum Gasteiger partial charge on any atom is -0.481 e. The van der Waals surface area contributed by atoms with Gasteiger partial charge in [0.15, 0.2) is 0 Å². The highest BCUT2D eigenvalue weighted by atomic mass is 16.4. The fraction of sp³-hybridized carbons (Fsp3) is 0.625. The van der Waals surface area contributed by atoms with Gasteiger partial charge in [0.2, 0.25) is 70.9 Å². The number of rotatable bonds is 33. The number of nitrogens with two attached hydrogens (primary N) is 3. The van der Waals surface area contributed by atoms with Gasteiger partial charge >= 0.3 is 17.9 Å². The number of aliphatic hydroxyl groups excluding tert-OH is 2. The van der Waals surface area contributed by atoms with Crippen molar-refractivity contribution in [2.45, 2.75) is 153 Å². The molecule has 0 fully saturated rings. The van der Waals surface area contributed by atoms with Gasteiger partial charge < -0.3 is 90.6 Å². The molecule has 20 N–H and O–H groups in total. The number of hydrogen-bond acceptors (Lipinski definition) is 17. The lowest BCUT2D eigenvalue weighted by Gasteiger charge is -2.28. The maximum absolute atomic E-state index is 13.6. The van der Waals surface area contributed by atoms with Crippen LogP contribution in [-0.2, 0) is 71.9 Å². The third-order valence-corrected chi connectivity index (χ3v) is 9.86. The second-order valence-electron chi connectivity index (χ2n) is 16.6. The zero-order chi connectivity index (χ0) is 55.9. The summed E-state index contributed by atoms with van der Waals surface area (Å²) in [5.74, 6) is -20.0.